The summed E-state index contributed by atoms with van der Waals surface area (Å²) in [6.45, 7) is 14.2. The van der Waals surface area contributed by atoms with Crippen molar-refractivity contribution in [3.63, 3.8) is 0 Å². The van der Waals surface area contributed by atoms with E-state index in [4.69, 9.17) is 4.43 Å². The first-order valence-corrected chi connectivity index (χ1v) is 14.8. The molecule has 1 aromatic heterocycles. The normalized spacial score (nSPS) is 26.5. The third-order valence-corrected chi connectivity index (χ3v) is 12.7. The molecular formula is C20H31BrF4N2O2SSi. The van der Waals surface area contributed by atoms with Crippen LogP contribution in [0.5, 0.6) is 0 Å². The predicted octanol–water partition coefficient (Wildman–Crippen LogP) is 6.35. The molecule has 1 atom stereocenters. The second kappa shape index (κ2) is 8.23. The van der Waals surface area contributed by atoms with Gasteiger partial charge in [-0.25, -0.2) is 4.39 Å². The van der Waals surface area contributed by atoms with Crippen LogP contribution in [0.3, 0.4) is 0 Å². The molecule has 1 saturated carbocycles. The van der Waals surface area contributed by atoms with E-state index in [1.807, 2.05) is 20.8 Å². The van der Waals surface area contributed by atoms with Gasteiger partial charge in [0, 0.05) is 34.9 Å². The van der Waals surface area contributed by atoms with Crippen LogP contribution in [0.4, 0.5) is 17.6 Å². The van der Waals surface area contributed by atoms with Crippen LogP contribution in [0.25, 0.3) is 0 Å². The molecule has 1 N–H and O–H groups in total. The summed E-state index contributed by atoms with van der Waals surface area (Å²) < 4.78 is 79.0. The number of alkyl halides is 3. The summed E-state index contributed by atoms with van der Waals surface area (Å²) in [7, 11) is -2.83. The summed E-state index contributed by atoms with van der Waals surface area (Å²) in [4.78, 5) is 4.07. The zero-order valence-electron chi connectivity index (χ0n) is 19.1. The van der Waals surface area contributed by atoms with Crippen molar-refractivity contribution in [3.8, 4) is 0 Å². The Labute approximate surface area is 194 Å². The molecule has 1 aliphatic carbocycles. The number of pyridine rings is 1. The van der Waals surface area contributed by atoms with E-state index in [1.165, 1.54) is 6.20 Å². The standard InChI is InChI=1S/C20H31BrF4N2O2SSi/c1-16(2,3)30(28)27-18(15-14(22)9-13(21)10-26-15)11-19(12-18,20(23,24)25)29-31(7,8)17(4,5)6/h9-10,27H,11-12H2,1-8H3. The van der Waals surface area contributed by atoms with E-state index in [2.05, 4.69) is 25.6 Å². The average molecular weight is 548 g/mol. The van der Waals surface area contributed by atoms with E-state index in [0.29, 0.717) is 4.47 Å². The molecule has 4 nitrogen and oxygen atoms in total. The first-order chi connectivity index (χ1) is 13.7. The summed E-state index contributed by atoms with van der Waals surface area (Å²) in [6, 6.07) is 1.15. The fourth-order valence-corrected chi connectivity index (χ4v) is 6.03. The zero-order valence-corrected chi connectivity index (χ0v) is 22.5. The lowest BCUT2D eigenvalue weighted by Crippen LogP contribution is -2.73. The van der Waals surface area contributed by atoms with Gasteiger partial charge in [0.25, 0.3) is 0 Å². The van der Waals surface area contributed by atoms with E-state index in [9.17, 15) is 22.1 Å². The summed E-state index contributed by atoms with van der Waals surface area (Å²) in [5.74, 6) is -0.768. The molecule has 0 amide bonds. The van der Waals surface area contributed by atoms with Crippen molar-refractivity contribution in [1.82, 2.24) is 9.71 Å². The highest BCUT2D eigenvalue weighted by atomic mass is 79.9. The molecule has 0 radical (unpaired) electrons. The van der Waals surface area contributed by atoms with Crippen molar-refractivity contribution in [2.45, 2.75) is 94.6 Å². The summed E-state index contributed by atoms with van der Waals surface area (Å²) >= 11 is 1.37. The molecule has 1 heterocycles. The van der Waals surface area contributed by atoms with Gasteiger partial charge in [-0.1, -0.05) is 20.8 Å². The third-order valence-electron chi connectivity index (χ3n) is 6.05. The Morgan fingerprint density at radius 3 is 2.06 bits per heavy atom. The van der Waals surface area contributed by atoms with Gasteiger partial charge < -0.3 is 8.98 Å². The van der Waals surface area contributed by atoms with Crippen molar-refractivity contribution in [1.29, 1.82) is 0 Å². The van der Waals surface area contributed by atoms with Crippen molar-refractivity contribution >= 4 is 35.6 Å². The first kappa shape index (κ1) is 27.0. The minimum Gasteiger partial charge on any atom is -0.598 e. The number of hydrogen-bond donors (Lipinski definition) is 1. The highest BCUT2D eigenvalue weighted by Crippen LogP contribution is 2.60. The van der Waals surface area contributed by atoms with E-state index in [-0.39, 0.29) is 5.69 Å². The summed E-state index contributed by atoms with van der Waals surface area (Å²) in [5, 5.41) is -0.452. The Morgan fingerprint density at radius 2 is 1.68 bits per heavy atom. The van der Waals surface area contributed by atoms with Crippen LogP contribution in [0.15, 0.2) is 16.7 Å². The van der Waals surface area contributed by atoms with Gasteiger partial charge in [0.05, 0.1) is 0 Å². The van der Waals surface area contributed by atoms with Gasteiger partial charge in [-0.2, -0.15) is 13.2 Å². The van der Waals surface area contributed by atoms with Crippen molar-refractivity contribution in [2.24, 2.45) is 0 Å². The SMILES string of the molecule is CC(C)(C)[S+]([O-])NC1(c2ncc(Br)cc2F)CC(O[Si](C)(C)C(C)(C)C)(C(F)(F)F)C1. The van der Waals surface area contributed by atoms with Crippen molar-refractivity contribution in [3.05, 3.63) is 28.2 Å². The molecule has 11 heteroatoms. The fourth-order valence-electron chi connectivity index (χ4n) is 3.28. The van der Waals surface area contributed by atoms with Gasteiger partial charge in [-0.3, -0.25) is 4.98 Å². The van der Waals surface area contributed by atoms with Gasteiger partial charge >= 0.3 is 6.18 Å². The van der Waals surface area contributed by atoms with Crippen LogP contribution in [-0.4, -0.2) is 34.4 Å². The van der Waals surface area contributed by atoms with E-state index < -0.39 is 65.4 Å². The number of halogens is 5. The number of nitrogens with one attached hydrogen (secondary N) is 1. The zero-order chi connectivity index (χ0) is 24.3. The second-order valence-corrected chi connectivity index (χ2v) is 18.4. The molecule has 2 rings (SSSR count). The Balaban J connectivity index is 2.55. The first-order valence-electron chi connectivity index (χ1n) is 9.94. The van der Waals surface area contributed by atoms with Crippen LogP contribution in [-0.2, 0) is 21.3 Å². The fraction of sp³-hybridized carbons (Fsp3) is 0.750. The predicted molar refractivity (Wildman–Crippen MR) is 121 cm³/mol. The maximum absolute atomic E-state index is 14.8. The van der Waals surface area contributed by atoms with Crippen LogP contribution in [0, 0.1) is 5.82 Å². The quantitative estimate of drug-likeness (QED) is 0.265. The van der Waals surface area contributed by atoms with Gasteiger partial charge in [-0.15, -0.1) is 4.72 Å². The Kier molecular flexibility index (Phi) is 7.18. The largest absolute Gasteiger partial charge is 0.598 e. The topological polar surface area (TPSA) is 57.2 Å². The Morgan fingerprint density at radius 1 is 1.16 bits per heavy atom. The number of aromatic nitrogens is 1. The van der Waals surface area contributed by atoms with Gasteiger partial charge in [-0.05, 0) is 60.9 Å². The van der Waals surface area contributed by atoms with Crippen LogP contribution in [0.1, 0.15) is 60.1 Å². The lowest BCUT2D eigenvalue weighted by Gasteiger charge is -2.58. The molecule has 31 heavy (non-hydrogen) atoms. The molecule has 1 fully saturated rings. The molecular weight excluding hydrogens is 516 g/mol. The van der Waals surface area contributed by atoms with Crippen LogP contribution < -0.4 is 4.72 Å². The Hall–Kier alpha value is -0.203. The monoisotopic (exact) mass is 546 g/mol. The van der Waals surface area contributed by atoms with Crippen molar-refractivity contribution in [2.75, 3.05) is 0 Å². The van der Waals surface area contributed by atoms with Crippen LogP contribution >= 0.6 is 15.9 Å². The van der Waals surface area contributed by atoms with Crippen LogP contribution in [0.2, 0.25) is 18.1 Å². The lowest BCUT2D eigenvalue weighted by molar-refractivity contribution is -0.298. The van der Waals surface area contributed by atoms with E-state index in [0.717, 1.165) is 6.07 Å². The Bertz CT molecular complexity index is 819. The van der Waals surface area contributed by atoms with Gasteiger partial charge in [0.15, 0.2) is 13.9 Å². The number of nitrogens with zero attached hydrogens (tertiary/aromatic N) is 1. The number of hydrogen-bond acceptors (Lipinski definition) is 4. The highest BCUT2D eigenvalue weighted by molar-refractivity contribution is 9.10. The molecule has 0 saturated heterocycles. The minimum atomic E-state index is -4.68. The maximum atomic E-state index is 14.8. The minimum absolute atomic E-state index is 0.188. The lowest BCUT2D eigenvalue weighted by atomic mass is 9.63. The highest BCUT2D eigenvalue weighted by Gasteiger charge is 2.73. The van der Waals surface area contributed by atoms with E-state index in [1.54, 1.807) is 33.9 Å². The molecule has 0 aromatic carbocycles. The second-order valence-electron chi connectivity index (χ2n) is 10.8. The number of rotatable bonds is 5. The summed E-state index contributed by atoms with van der Waals surface area (Å²) in [6.07, 6.45) is -4.57. The molecule has 0 bridgehead atoms. The molecule has 1 aliphatic rings. The molecule has 0 spiro atoms. The molecule has 0 aliphatic heterocycles. The average Bonchev–Trinajstić information content (AvgIpc) is 2.48. The maximum Gasteiger partial charge on any atom is 0.416 e. The van der Waals surface area contributed by atoms with Gasteiger partial charge in [0.2, 0.25) is 0 Å². The summed E-state index contributed by atoms with van der Waals surface area (Å²) in [5.41, 5.74) is -4.22. The van der Waals surface area contributed by atoms with Gasteiger partial charge in [0.1, 0.15) is 21.8 Å². The van der Waals surface area contributed by atoms with E-state index >= 15 is 0 Å². The molecule has 178 valence electrons. The smallest absolute Gasteiger partial charge is 0.416 e. The van der Waals surface area contributed by atoms with Crippen molar-refractivity contribution < 1.29 is 26.5 Å². The third kappa shape index (κ3) is 5.32. The molecule has 1 unspecified atom stereocenters. The molecule has 1 aromatic rings.